The predicted octanol–water partition coefficient (Wildman–Crippen LogP) is 6.10. The first-order valence-electron chi connectivity index (χ1n) is 9.37. The summed E-state index contributed by atoms with van der Waals surface area (Å²) in [6.45, 7) is 14.6. The molecule has 0 aromatic rings. The van der Waals surface area contributed by atoms with Crippen molar-refractivity contribution >= 4 is 5.91 Å². The van der Waals surface area contributed by atoms with E-state index in [9.17, 15) is 4.79 Å². The van der Waals surface area contributed by atoms with Gasteiger partial charge >= 0.3 is 0 Å². The van der Waals surface area contributed by atoms with E-state index in [1.165, 1.54) is 44.9 Å². The summed E-state index contributed by atoms with van der Waals surface area (Å²) in [5.41, 5.74) is 0.885. The summed E-state index contributed by atoms with van der Waals surface area (Å²) < 4.78 is 0. The van der Waals surface area contributed by atoms with E-state index < -0.39 is 0 Å². The van der Waals surface area contributed by atoms with Crippen LogP contribution in [-0.2, 0) is 4.79 Å². The number of nitrogens with one attached hydrogen (secondary N) is 1. The van der Waals surface area contributed by atoms with E-state index in [0.717, 1.165) is 19.4 Å². The second-order valence-electron chi connectivity index (χ2n) is 9.20. The third kappa shape index (κ3) is 17.5. The van der Waals surface area contributed by atoms with Gasteiger partial charge in [-0.1, -0.05) is 73.6 Å². The molecule has 0 fully saturated rings. The Kier molecular flexibility index (Phi) is 10.8. The number of hydrogen-bond acceptors (Lipinski definition) is 1. The topological polar surface area (TPSA) is 29.1 Å². The van der Waals surface area contributed by atoms with Gasteiger partial charge in [-0.2, -0.15) is 0 Å². The first kappa shape index (κ1) is 21.5. The molecule has 0 bridgehead atoms. The van der Waals surface area contributed by atoms with Gasteiger partial charge in [0.1, 0.15) is 0 Å². The zero-order chi connectivity index (χ0) is 17.1. The molecule has 0 aliphatic heterocycles. The van der Waals surface area contributed by atoms with Gasteiger partial charge < -0.3 is 5.32 Å². The number of hydrogen-bond donors (Lipinski definition) is 1. The fourth-order valence-corrected chi connectivity index (χ4v) is 2.57. The molecule has 0 aromatic heterocycles. The quantitative estimate of drug-likeness (QED) is 0.459. The summed E-state index contributed by atoms with van der Waals surface area (Å²) in [4.78, 5) is 11.7. The number of amides is 1. The molecule has 0 saturated heterocycles. The minimum Gasteiger partial charge on any atom is -0.356 e. The molecular formula is C20H41NO. The Labute approximate surface area is 139 Å². The SMILES string of the molecule is CC(C)(C)CCCCCCNC(=O)CCCCCC(C)(C)C. The predicted molar refractivity (Wildman–Crippen MR) is 98.1 cm³/mol. The Hall–Kier alpha value is -0.530. The van der Waals surface area contributed by atoms with E-state index >= 15 is 0 Å². The van der Waals surface area contributed by atoms with Crippen LogP contribution in [0.2, 0.25) is 0 Å². The third-order valence-electron chi connectivity index (χ3n) is 4.01. The van der Waals surface area contributed by atoms with Crippen LogP contribution in [0.25, 0.3) is 0 Å². The molecule has 0 saturated carbocycles. The van der Waals surface area contributed by atoms with Crippen LogP contribution in [-0.4, -0.2) is 12.5 Å². The summed E-state index contributed by atoms with van der Waals surface area (Å²) in [5.74, 6) is 0.241. The molecule has 0 radical (unpaired) electrons. The van der Waals surface area contributed by atoms with Gasteiger partial charge in [-0.15, -0.1) is 0 Å². The monoisotopic (exact) mass is 311 g/mol. The van der Waals surface area contributed by atoms with E-state index in [1.54, 1.807) is 0 Å². The molecule has 132 valence electrons. The molecule has 1 amide bonds. The maximum Gasteiger partial charge on any atom is 0.219 e. The van der Waals surface area contributed by atoms with Gasteiger partial charge in [0.15, 0.2) is 0 Å². The molecule has 22 heavy (non-hydrogen) atoms. The van der Waals surface area contributed by atoms with Crippen molar-refractivity contribution in [2.45, 2.75) is 106 Å². The summed E-state index contributed by atoms with van der Waals surface area (Å²) >= 11 is 0. The number of rotatable bonds is 11. The maximum atomic E-state index is 11.7. The molecule has 1 N–H and O–H groups in total. The summed E-state index contributed by atoms with van der Waals surface area (Å²) in [5, 5.41) is 3.06. The maximum absolute atomic E-state index is 11.7. The third-order valence-corrected chi connectivity index (χ3v) is 4.01. The molecule has 2 nitrogen and oxygen atoms in total. The van der Waals surface area contributed by atoms with Gasteiger partial charge in [0, 0.05) is 13.0 Å². The second-order valence-corrected chi connectivity index (χ2v) is 9.20. The fourth-order valence-electron chi connectivity index (χ4n) is 2.57. The molecular weight excluding hydrogens is 270 g/mol. The zero-order valence-corrected chi connectivity index (χ0v) is 16.2. The van der Waals surface area contributed by atoms with Crippen LogP contribution in [0.1, 0.15) is 106 Å². The first-order valence-corrected chi connectivity index (χ1v) is 9.37. The minimum absolute atomic E-state index is 0.241. The smallest absolute Gasteiger partial charge is 0.219 e. The van der Waals surface area contributed by atoms with Crippen LogP contribution >= 0.6 is 0 Å². The van der Waals surface area contributed by atoms with Gasteiger partial charge in [-0.3, -0.25) is 4.79 Å². The average Bonchev–Trinajstić information content (AvgIpc) is 2.34. The van der Waals surface area contributed by atoms with Crippen molar-refractivity contribution in [1.82, 2.24) is 5.32 Å². The molecule has 0 aromatic carbocycles. The van der Waals surface area contributed by atoms with Crippen molar-refractivity contribution in [2.75, 3.05) is 6.54 Å². The highest BCUT2D eigenvalue weighted by atomic mass is 16.1. The van der Waals surface area contributed by atoms with Gasteiger partial charge in [0.25, 0.3) is 0 Å². The van der Waals surface area contributed by atoms with Crippen molar-refractivity contribution in [3.8, 4) is 0 Å². The Morgan fingerprint density at radius 2 is 1.14 bits per heavy atom. The molecule has 0 rings (SSSR count). The van der Waals surface area contributed by atoms with Crippen LogP contribution < -0.4 is 5.32 Å². The van der Waals surface area contributed by atoms with Gasteiger partial charge in [0.2, 0.25) is 5.91 Å². The molecule has 0 spiro atoms. The van der Waals surface area contributed by atoms with E-state index in [-0.39, 0.29) is 5.91 Å². The highest BCUT2D eigenvalue weighted by molar-refractivity contribution is 5.75. The lowest BCUT2D eigenvalue weighted by Crippen LogP contribution is -2.24. The van der Waals surface area contributed by atoms with Crippen LogP contribution in [0.15, 0.2) is 0 Å². The van der Waals surface area contributed by atoms with Crippen LogP contribution in [0.4, 0.5) is 0 Å². The van der Waals surface area contributed by atoms with Gasteiger partial charge in [-0.05, 0) is 36.5 Å². The normalized spacial score (nSPS) is 12.5. The Morgan fingerprint density at radius 3 is 1.64 bits per heavy atom. The molecule has 0 aliphatic rings. The summed E-state index contributed by atoms with van der Waals surface area (Å²) in [6, 6.07) is 0. The molecule has 0 unspecified atom stereocenters. The highest BCUT2D eigenvalue weighted by Crippen LogP contribution is 2.23. The van der Waals surface area contributed by atoms with E-state index in [4.69, 9.17) is 0 Å². The van der Waals surface area contributed by atoms with Gasteiger partial charge in [0.05, 0.1) is 0 Å². The van der Waals surface area contributed by atoms with Crippen molar-refractivity contribution in [1.29, 1.82) is 0 Å². The van der Waals surface area contributed by atoms with Crippen LogP contribution in [0, 0.1) is 10.8 Å². The molecule has 0 aliphatic carbocycles. The van der Waals surface area contributed by atoms with E-state index in [1.807, 2.05) is 0 Å². The van der Waals surface area contributed by atoms with Crippen molar-refractivity contribution < 1.29 is 4.79 Å². The highest BCUT2D eigenvalue weighted by Gasteiger charge is 2.10. The Balaban J connectivity index is 3.33. The van der Waals surface area contributed by atoms with Crippen molar-refractivity contribution in [3.63, 3.8) is 0 Å². The number of unbranched alkanes of at least 4 members (excludes halogenated alkanes) is 5. The summed E-state index contributed by atoms with van der Waals surface area (Å²) in [6.07, 6.45) is 11.7. The lowest BCUT2D eigenvalue weighted by molar-refractivity contribution is -0.121. The number of carbonyl (C=O) groups is 1. The van der Waals surface area contributed by atoms with Crippen LogP contribution in [0.5, 0.6) is 0 Å². The van der Waals surface area contributed by atoms with Crippen molar-refractivity contribution in [2.24, 2.45) is 10.8 Å². The Bertz CT molecular complexity index is 283. The number of carbonyl (C=O) groups excluding carboxylic acids is 1. The molecule has 2 heteroatoms. The second kappa shape index (κ2) is 11.1. The van der Waals surface area contributed by atoms with Crippen molar-refractivity contribution in [3.05, 3.63) is 0 Å². The zero-order valence-electron chi connectivity index (χ0n) is 16.2. The lowest BCUT2D eigenvalue weighted by Gasteiger charge is -2.17. The first-order chi connectivity index (χ1) is 10.1. The Morgan fingerprint density at radius 1 is 0.682 bits per heavy atom. The minimum atomic E-state index is 0.241. The van der Waals surface area contributed by atoms with Crippen LogP contribution in [0.3, 0.4) is 0 Å². The fraction of sp³-hybridized carbons (Fsp3) is 0.950. The lowest BCUT2D eigenvalue weighted by atomic mass is 9.89. The summed E-state index contributed by atoms with van der Waals surface area (Å²) in [7, 11) is 0. The van der Waals surface area contributed by atoms with E-state index in [2.05, 4.69) is 46.9 Å². The largest absolute Gasteiger partial charge is 0.356 e. The molecule has 0 heterocycles. The average molecular weight is 312 g/mol. The molecule has 0 atom stereocenters. The van der Waals surface area contributed by atoms with E-state index in [0.29, 0.717) is 17.3 Å². The van der Waals surface area contributed by atoms with Gasteiger partial charge in [-0.25, -0.2) is 0 Å². The standard InChI is InChI=1S/C20H41NO/c1-19(2,3)15-11-7-8-13-17-21-18(22)14-10-9-12-16-20(4,5)6/h7-17H2,1-6H3,(H,21,22).